The third kappa shape index (κ3) is 4.37. The quantitative estimate of drug-likeness (QED) is 0.679. The number of nitrogens with zero attached hydrogens (tertiary/aromatic N) is 8. The van der Waals surface area contributed by atoms with E-state index in [1.165, 1.54) is 0 Å². The number of carbonyl (C=O) groups excluding carboxylic acids is 1. The van der Waals surface area contributed by atoms with Crippen LogP contribution in [0, 0.1) is 0 Å². The summed E-state index contributed by atoms with van der Waals surface area (Å²) in [5, 5.41) is 11.3. The van der Waals surface area contributed by atoms with Crippen LogP contribution < -0.4 is 10.2 Å². The van der Waals surface area contributed by atoms with Gasteiger partial charge in [-0.05, 0) is 31.5 Å². The molecule has 0 spiro atoms. The van der Waals surface area contributed by atoms with Crippen LogP contribution in [0.5, 0.6) is 0 Å². The molecule has 1 unspecified atom stereocenters. The first-order valence-corrected chi connectivity index (χ1v) is 9.99. The molecule has 1 amide bonds. The van der Waals surface area contributed by atoms with Crippen LogP contribution in [-0.2, 0) is 7.05 Å². The normalized spacial score (nSPS) is 15.5. The third-order valence-corrected chi connectivity index (χ3v) is 5.13. The zero-order valence-corrected chi connectivity index (χ0v) is 17.1. The minimum absolute atomic E-state index is 0.00812. The maximum absolute atomic E-state index is 13.0. The minimum atomic E-state index is -0.0525. The molecule has 1 aliphatic rings. The second-order valence-electron chi connectivity index (χ2n) is 7.28. The molecule has 0 aliphatic carbocycles. The highest BCUT2D eigenvalue weighted by Crippen LogP contribution is 2.17. The van der Waals surface area contributed by atoms with Crippen molar-refractivity contribution in [2.24, 2.45) is 7.05 Å². The highest BCUT2D eigenvalue weighted by atomic mass is 16.2. The number of amides is 1. The van der Waals surface area contributed by atoms with Crippen LogP contribution in [0.1, 0.15) is 35.6 Å². The highest BCUT2D eigenvalue weighted by molar-refractivity contribution is 5.94. The van der Waals surface area contributed by atoms with Gasteiger partial charge in [-0.25, -0.2) is 15.0 Å². The van der Waals surface area contributed by atoms with Crippen LogP contribution in [-0.4, -0.2) is 66.7 Å². The summed E-state index contributed by atoms with van der Waals surface area (Å²) < 4.78 is 1.86. The third-order valence-electron chi connectivity index (χ3n) is 5.13. The summed E-state index contributed by atoms with van der Waals surface area (Å²) in [6.07, 6.45) is 7.63. The molecule has 0 bridgehead atoms. The summed E-state index contributed by atoms with van der Waals surface area (Å²) in [5.41, 5.74) is 0.580. The van der Waals surface area contributed by atoms with Crippen molar-refractivity contribution >= 4 is 17.7 Å². The number of nitrogens with one attached hydrogen (secondary N) is 1. The van der Waals surface area contributed by atoms with E-state index >= 15 is 0 Å². The van der Waals surface area contributed by atoms with Crippen molar-refractivity contribution in [3.05, 3.63) is 54.5 Å². The number of aromatic nitrogens is 6. The molecule has 10 heteroatoms. The molecule has 3 aromatic heterocycles. The number of rotatable bonds is 5. The van der Waals surface area contributed by atoms with Gasteiger partial charge in [0.05, 0.1) is 11.6 Å². The largest absolute Gasteiger partial charge is 0.360 e. The summed E-state index contributed by atoms with van der Waals surface area (Å²) in [6, 6.07) is 5.38. The molecule has 0 aromatic carbocycles. The monoisotopic (exact) mass is 407 g/mol. The Bertz CT molecular complexity index is 973. The number of hydrogen-bond donors (Lipinski definition) is 1. The Labute approximate surface area is 175 Å². The van der Waals surface area contributed by atoms with Crippen LogP contribution in [0.15, 0.2) is 43.1 Å². The van der Waals surface area contributed by atoms with Gasteiger partial charge in [-0.3, -0.25) is 4.79 Å². The van der Waals surface area contributed by atoms with Gasteiger partial charge in [0, 0.05) is 51.8 Å². The molecule has 0 saturated carbocycles. The lowest BCUT2D eigenvalue weighted by atomic mass is 10.2. The average molecular weight is 407 g/mol. The standard InChI is InChI=1S/C20H25N9O/c1-15(18-26-24-14-27(18)2)25-17-6-5-16(13-23-17)19(30)28-9-4-10-29(12-11-28)20-21-7-3-8-22-20/h3,5-8,13-15H,4,9-12H2,1-2H3,(H,23,25). The summed E-state index contributed by atoms with van der Waals surface area (Å²) in [6.45, 7) is 4.85. The summed E-state index contributed by atoms with van der Waals surface area (Å²) >= 11 is 0. The van der Waals surface area contributed by atoms with Crippen molar-refractivity contribution in [2.75, 3.05) is 36.4 Å². The molecule has 30 heavy (non-hydrogen) atoms. The van der Waals surface area contributed by atoms with E-state index in [4.69, 9.17) is 0 Å². The van der Waals surface area contributed by atoms with Crippen molar-refractivity contribution < 1.29 is 4.79 Å². The molecule has 10 nitrogen and oxygen atoms in total. The van der Waals surface area contributed by atoms with Gasteiger partial charge in [0.25, 0.3) is 5.91 Å². The fraction of sp³-hybridized carbons (Fsp3) is 0.400. The Morgan fingerprint density at radius 2 is 1.93 bits per heavy atom. The van der Waals surface area contributed by atoms with Crippen LogP contribution in [0.3, 0.4) is 0 Å². The van der Waals surface area contributed by atoms with E-state index in [1.54, 1.807) is 31.0 Å². The second-order valence-corrected chi connectivity index (χ2v) is 7.28. The Balaban J connectivity index is 1.37. The van der Waals surface area contributed by atoms with Gasteiger partial charge in [0.1, 0.15) is 12.1 Å². The Morgan fingerprint density at radius 1 is 1.10 bits per heavy atom. The van der Waals surface area contributed by atoms with E-state index < -0.39 is 0 Å². The molecule has 1 saturated heterocycles. The predicted octanol–water partition coefficient (Wildman–Crippen LogP) is 1.53. The Kier molecular flexibility index (Phi) is 5.82. The van der Waals surface area contributed by atoms with E-state index in [9.17, 15) is 4.79 Å². The van der Waals surface area contributed by atoms with Crippen LogP contribution >= 0.6 is 0 Å². The lowest BCUT2D eigenvalue weighted by Gasteiger charge is -2.22. The van der Waals surface area contributed by atoms with E-state index in [0.29, 0.717) is 37.0 Å². The SMILES string of the molecule is CC(Nc1ccc(C(=O)N2CCCN(c3ncccn3)CC2)cn1)c1nncn1C. The zero-order chi connectivity index (χ0) is 20.9. The van der Waals surface area contributed by atoms with Gasteiger partial charge in [0.2, 0.25) is 5.95 Å². The molecule has 3 aromatic rings. The van der Waals surface area contributed by atoms with Crippen molar-refractivity contribution in [3.63, 3.8) is 0 Å². The Hall–Kier alpha value is -3.56. The molecule has 1 aliphatic heterocycles. The number of aryl methyl sites for hydroxylation is 1. The summed E-state index contributed by atoms with van der Waals surface area (Å²) in [7, 11) is 1.90. The smallest absolute Gasteiger partial charge is 0.255 e. The van der Waals surface area contributed by atoms with Crippen LogP contribution in [0.2, 0.25) is 0 Å². The summed E-state index contributed by atoms with van der Waals surface area (Å²) in [4.78, 5) is 30.0. The van der Waals surface area contributed by atoms with Crippen molar-refractivity contribution in [2.45, 2.75) is 19.4 Å². The van der Waals surface area contributed by atoms with Crippen LogP contribution in [0.4, 0.5) is 11.8 Å². The van der Waals surface area contributed by atoms with Crippen molar-refractivity contribution in [3.8, 4) is 0 Å². The average Bonchev–Trinajstić information content (AvgIpc) is 3.06. The molecule has 4 heterocycles. The van der Waals surface area contributed by atoms with Crippen LogP contribution in [0.25, 0.3) is 0 Å². The topological polar surface area (TPSA) is 105 Å². The molecular weight excluding hydrogens is 382 g/mol. The van der Waals surface area contributed by atoms with Gasteiger partial charge in [0.15, 0.2) is 5.82 Å². The second kappa shape index (κ2) is 8.85. The van der Waals surface area contributed by atoms with Gasteiger partial charge >= 0.3 is 0 Å². The van der Waals surface area contributed by atoms with Gasteiger partial charge in [-0.1, -0.05) is 0 Å². The zero-order valence-electron chi connectivity index (χ0n) is 17.1. The number of carbonyl (C=O) groups is 1. The molecule has 1 atom stereocenters. The van der Waals surface area contributed by atoms with E-state index in [2.05, 4.69) is 35.4 Å². The first-order chi connectivity index (χ1) is 14.6. The minimum Gasteiger partial charge on any atom is -0.360 e. The number of anilines is 2. The Morgan fingerprint density at radius 3 is 2.63 bits per heavy atom. The molecule has 0 radical (unpaired) electrons. The van der Waals surface area contributed by atoms with Crippen molar-refractivity contribution in [1.82, 2.24) is 34.6 Å². The van der Waals surface area contributed by atoms with Gasteiger partial charge in [-0.15, -0.1) is 10.2 Å². The molecule has 1 N–H and O–H groups in total. The lowest BCUT2D eigenvalue weighted by Crippen LogP contribution is -2.35. The predicted molar refractivity (Wildman–Crippen MR) is 112 cm³/mol. The molecular formula is C20H25N9O. The highest BCUT2D eigenvalue weighted by Gasteiger charge is 2.22. The first kappa shape index (κ1) is 19.7. The van der Waals surface area contributed by atoms with E-state index in [-0.39, 0.29) is 11.9 Å². The van der Waals surface area contributed by atoms with Crippen molar-refractivity contribution in [1.29, 1.82) is 0 Å². The molecule has 156 valence electrons. The fourth-order valence-electron chi connectivity index (χ4n) is 3.53. The maximum Gasteiger partial charge on any atom is 0.255 e. The molecule has 1 fully saturated rings. The lowest BCUT2D eigenvalue weighted by molar-refractivity contribution is 0.0766. The fourth-order valence-corrected chi connectivity index (χ4v) is 3.53. The summed E-state index contributed by atoms with van der Waals surface area (Å²) in [5.74, 6) is 2.20. The first-order valence-electron chi connectivity index (χ1n) is 9.99. The van der Waals surface area contributed by atoms with Gasteiger partial charge in [-0.2, -0.15) is 0 Å². The van der Waals surface area contributed by atoms with E-state index in [0.717, 1.165) is 18.8 Å². The molecule has 4 rings (SSSR count). The van der Waals surface area contributed by atoms with Gasteiger partial charge < -0.3 is 19.7 Å². The number of pyridine rings is 1. The number of hydrogen-bond acceptors (Lipinski definition) is 8. The maximum atomic E-state index is 13.0. The van der Waals surface area contributed by atoms with E-state index in [1.807, 2.05) is 35.6 Å².